The molecule has 1 rings (SSSR count). The number of benzene rings is 1. The fourth-order valence-electron chi connectivity index (χ4n) is 1.71. The van der Waals surface area contributed by atoms with Crippen LogP contribution in [0.3, 0.4) is 0 Å². The van der Waals surface area contributed by atoms with Gasteiger partial charge in [-0.2, -0.15) is 0 Å². The molecule has 0 fully saturated rings. The fraction of sp³-hybridized carbons (Fsp3) is 0.500. The summed E-state index contributed by atoms with van der Waals surface area (Å²) in [5, 5.41) is 1.64. The van der Waals surface area contributed by atoms with Gasteiger partial charge in [-0.25, -0.2) is 5.01 Å². The maximum atomic E-state index is 11.5. The van der Waals surface area contributed by atoms with E-state index in [1.807, 2.05) is 19.1 Å². The Morgan fingerprint density at radius 1 is 1.25 bits per heavy atom. The second-order valence-electron chi connectivity index (χ2n) is 4.56. The standard InChI is InChI=1S/C14H22N2O3S/c1-10-6-12(18-4)13(19-5)7-11(10)8-20-9-14(17)15-16(2)3/h6-7H,8-9H2,1-5H3,(H,15,17). The number of carbonyl (C=O) groups excluding carboxylic acids is 1. The lowest BCUT2D eigenvalue weighted by molar-refractivity contribution is -0.122. The van der Waals surface area contributed by atoms with E-state index in [2.05, 4.69) is 5.43 Å². The molecule has 1 N–H and O–H groups in total. The molecule has 0 saturated carbocycles. The summed E-state index contributed by atoms with van der Waals surface area (Å²) in [5.74, 6) is 2.62. The lowest BCUT2D eigenvalue weighted by atomic mass is 10.1. The first-order valence-electron chi connectivity index (χ1n) is 6.24. The first kappa shape index (κ1) is 16.7. The molecule has 1 aromatic rings. The predicted octanol–water partition coefficient (Wildman–Crippen LogP) is 1.84. The van der Waals surface area contributed by atoms with Crippen molar-refractivity contribution < 1.29 is 14.3 Å². The minimum Gasteiger partial charge on any atom is -0.493 e. The van der Waals surface area contributed by atoms with E-state index in [4.69, 9.17) is 9.47 Å². The minimum absolute atomic E-state index is 0.00173. The smallest absolute Gasteiger partial charge is 0.244 e. The Kier molecular flexibility index (Phi) is 6.67. The molecule has 0 aliphatic rings. The highest BCUT2D eigenvalue weighted by Gasteiger charge is 2.09. The van der Waals surface area contributed by atoms with Crippen LogP contribution in [0.5, 0.6) is 11.5 Å². The number of ether oxygens (including phenoxy) is 2. The van der Waals surface area contributed by atoms with E-state index in [0.717, 1.165) is 22.6 Å². The Hall–Kier alpha value is -1.40. The van der Waals surface area contributed by atoms with Crippen LogP contribution in [0.15, 0.2) is 12.1 Å². The SMILES string of the molecule is COc1cc(C)c(CSCC(=O)NN(C)C)cc1OC. The molecule has 0 aromatic heterocycles. The van der Waals surface area contributed by atoms with Gasteiger partial charge < -0.3 is 9.47 Å². The van der Waals surface area contributed by atoms with Gasteiger partial charge in [0.2, 0.25) is 5.91 Å². The highest BCUT2D eigenvalue weighted by atomic mass is 32.2. The molecule has 6 heteroatoms. The van der Waals surface area contributed by atoms with Crippen LogP contribution in [0, 0.1) is 6.92 Å². The number of hydrogen-bond acceptors (Lipinski definition) is 5. The highest BCUT2D eigenvalue weighted by Crippen LogP contribution is 2.31. The van der Waals surface area contributed by atoms with Crippen LogP contribution in [0.1, 0.15) is 11.1 Å². The van der Waals surface area contributed by atoms with E-state index in [1.165, 1.54) is 0 Å². The molecule has 0 saturated heterocycles. The lowest BCUT2D eigenvalue weighted by Gasteiger charge is -2.13. The molecule has 1 aromatic carbocycles. The summed E-state index contributed by atoms with van der Waals surface area (Å²) in [7, 11) is 6.83. The number of rotatable bonds is 7. The summed E-state index contributed by atoms with van der Waals surface area (Å²) in [6, 6.07) is 3.92. The molecule has 0 unspecified atom stereocenters. The molecule has 0 aliphatic heterocycles. The molecule has 1 amide bonds. The molecule has 0 atom stereocenters. The van der Waals surface area contributed by atoms with Gasteiger partial charge in [0.25, 0.3) is 0 Å². The molecule has 0 heterocycles. The van der Waals surface area contributed by atoms with Gasteiger partial charge in [-0.3, -0.25) is 10.2 Å². The molecule has 0 aliphatic carbocycles. The topological polar surface area (TPSA) is 50.8 Å². The van der Waals surface area contributed by atoms with Gasteiger partial charge in [0, 0.05) is 19.8 Å². The van der Waals surface area contributed by atoms with E-state index in [-0.39, 0.29) is 5.91 Å². The van der Waals surface area contributed by atoms with Gasteiger partial charge in [0.05, 0.1) is 20.0 Å². The van der Waals surface area contributed by atoms with Gasteiger partial charge in [-0.15, -0.1) is 11.8 Å². The zero-order chi connectivity index (χ0) is 15.1. The average Bonchev–Trinajstić information content (AvgIpc) is 2.39. The van der Waals surface area contributed by atoms with Gasteiger partial charge in [-0.05, 0) is 30.2 Å². The zero-order valence-electron chi connectivity index (χ0n) is 12.6. The molecule has 112 valence electrons. The van der Waals surface area contributed by atoms with E-state index in [1.54, 1.807) is 45.1 Å². The maximum Gasteiger partial charge on any atom is 0.244 e. The minimum atomic E-state index is -0.00173. The third-order valence-electron chi connectivity index (χ3n) is 2.68. The van der Waals surface area contributed by atoms with Crippen molar-refractivity contribution in [3.05, 3.63) is 23.3 Å². The normalized spacial score (nSPS) is 10.5. The van der Waals surface area contributed by atoms with Gasteiger partial charge in [-0.1, -0.05) is 0 Å². The van der Waals surface area contributed by atoms with Crippen LogP contribution in [-0.2, 0) is 10.5 Å². The van der Waals surface area contributed by atoms with Crippen molar-refractivity contribution in [2.75, 3.05) is 34.1 Å². The summed E-state index contributed by atoms with van der Waals surface area (Å²) >= 11 is 1.57. The molecule has 0 radical (unpaired) electrons. The van der Waals surface area contributed by atoms with Crippen LogP contribution < -0.4 is 14.9 Å². The van der Waals surface area contributed by atoms with Crippen LogP contribution in [0.2, 0.25) is 0 Å². The Balaban J connectivity index is 2.62. The first-order valence-corrected chi connectivity index (χ1v) is 7.39. The third-order valence-corrected chi connectivity index (χ3v) is 3.66. The van der Waals surface area contributed by atoms with E-state index < -0.39 is 0 Å². The second-order valence-corrected chi connectivity index (χ2v) is 5.54. The van der Waals surface area contributed by atoms with Gasteiger partial charge >= 0.3 is 0 Å². The second kappa shape index (κ2) is 8.01. The third kappa shape index (κ3) is 4.94. The molecular formula is C14H22N2O3S. The number of thioether (sulfide) groups is 1. The number of methoxy groups -OCH3 is 2. The van der Waals surface area contributed by atoms with Crippen LogP contribution in [0.4, 0.5) is 0 Å². The number of amides is 1. The van der Waals surface area contributed by atoms with Crippen molar-refractivity contribution in [1.29, 1.82) is 0 Å². The lowest BCUT2D eigenvalue weighted by Crippen LogP contribution is -2.37. The molecule has 0 spiro atoms. The number of hydrazine groups is 1. The van der Waals surface area contributed by atoms with Crippen LogP contribution in [0.25, 0.3) is 0 Å². The Labute approximate surface area is 124 Å². The van der Waals surface area contributed by atoms with Crippen molar-refractivity contribution >= 4 is 17.7 Å². The molecule has 20 heavy (non-hydrogen) atoms. The van der Waals surface area contributed by atoms with Crippen molar-refractivity contribution in [3.8, 4) is 11.5 Å². The maximum absolute atomic E-state index is 11.5. The number of nitrogens with zero attached hydrogens (tertiary/aromatic N) is 1. The zero-order valence-corrected chi connectivity index (χ0v) is 13.5. The number of hydrogen-bond donors (Lipinski definition) is 1. The van der Waals surface area contributed by atoms with E-state index in [0.29, 0.717) is 11.5 Å². The molecular weight excluding hydrogens is 276 g/mol. The largest absolute Gasteiger partial charge is 0.493 e. The summed E-state index contributed by atoms with van der Waals surface area (Å²) < 4.78 is 10.5. The van der Waals surface area contributed by atoms with Crippen molar-refractivity contribution in [2.45, 2.75) is 12.7 Å². The number of aryl methyl sites for hydroxylation is 1. The Morgan fingerprint density at radius 2 is 1.85 bits per heavy atom. The van der Waals surface area contributed by atoms with Crippen LogP contribution in [-0.4, -0.2) is 45.0 Å². The highest BCUT2D eigenvalue weighted by molar-refractivity contribution is 7.99. The summed E-state index contributed by atoms with van der Waals surface area (Å²) in [6.07, 6.45) is 0. The quantitative estimate of drug-likeness (QED) is 0.778. The summed E-state index contributed by atoms with van der Waals surface area (Å²) in [4.78, 5) is 11.5. The van der Waals surface area contributed by atoms with E-state index in [9.17, 15) is 4.79 Å². The summed E-state index contributed by atoms with van der Waals surface area (Å²) in [5.41, 5.74) is 4.99. The van der Waals surface area contributed by atoms with Crippen LogP contribution >= 0.6 is 11.8 Å². The van der Waals surface area contributed by atoms with Crippen molar-refractivity contribution in [2.24, 2.45) is 0 Å². The average molecular weight is 298 g/mol. The number of carbonyl (C=O) groups is 1. The van der Waals surface area contributed by atoms with Gasteiger partial charge in [0.15, 0.2) is 11.5 Å². The molecule has 5 nitrogen and oxygen atoms in total. The van der Waals surface area contributed by atoms with Gasteiger partial charge in [0.1, 0.15) is 0 Å². The van der Waals surface area contributed by atoms with Crippen molar-refractivity contribution in [3.63, 3.8) is 0 Å². The number of nitrogens with one attached hydrogen (secondary N) is 1. The monoisotopic (exact) mass is 298 g/mol. The van der Waals surface area contributed by atoms with Crippen molar-refractivity contribution in [1.82, 2.24) is 10.4 Å². The molecule has 0 bridgehead atoms. The summed E-state index contributed by atoms with van der Waals surface area (Å²) in [6.45, 7) is 2.03. The Morgan fingerprint density at radius 3 is 2.40 bits per heavy atom. The first-order chi connectivity index (χ1) is 9.47. The Bertz CT molecular complexity index is 464. The van der Waals surface area contributed by atoms with E-state index >= 15 is 0 Å². The fourth-order valence-corrected chi connectivity index (χ4v) is 2.60. The predicted molar refractivity (Wildman–Crippen MR) is 82.3 cm³/mol.